The van der Waals surface area contributed by atoms with Crippen molar-refractivity contribution < 1.29 is 9.63 Å². The van der Waals surface area contributed by atoms with Gasteiger partial charge in [0.1, 0.15) is 5.75 Å². The van der Waals surface area contributed by atoms with Gasteiger partial charge in [-0.1, -0.05) is 17.3 Å². The Kier molecular flexibility index (Phi) is 2.76. The summed E-state index contributed by atoms with van der Waals surface area (Å²) < 4.78 is 5.06. The zero-order chi connectivity index (χ0) is 12.5. The van der Waals surface area contributed by atoms with Crippen LogP contribution < -0.4 is 5.32 Å². The first-order valence-electron chi connectivity index (χ1n) is 6.07. The van der Waals surface area contributed by atoms with Gasteiger partial charge in [-0.05, 0) is 37.0 Å². The Hall–Kier alpha value is -1.88. The SMILES string of the molecule is Cc1noc(CNC2CCc3c(O)cccc32)n1. The second kappa shape index (κ2) is 4.42. The number of hydrogen-bond acceptors (Lipinski definition) is 5. The fourth-order valence-corrected chi connectivity index (χ4v) is 2.47. The van der Waals surface area contributed by atoms with E-state index in [-0.39, 0.29) is 6.04 Å². The molecule has 0 spiro atoms. The summed E-state index contributed by atoms with van der Waals surface area (Å²) in [5, 5.41) is 16.9. The lowest BCUT2D eigenvalue weighted by molar-refractivity contribution is 0.354. The Morgan fingerprint density at radius 1 is 1.50 bits per heavy atom. The van der Waals surface area contributed by atoms with Crippen LogP contribution in [0.5, 0.6) is 5.75 Å². The fourth-order valence-electron chi connectivity index (χ4n) is 2.47. The minimum atomic E-state index is 0.249. The molecule has 1 atom stereocenters. The van der Waals surface area contributed by atoms with E-state index in [0.29, 0.717) is 24.0 Å². The molecule has 1 heterocycles. The van der Waals surface area contributed by atoms with Crippen LogP contribution in [0.1, 0.15) is 35.3 Å². The lowest BCUT2D eigenvalue weighted by atomic mass is 10.1. The summed E-state index contributed by atoms with van der Waals surface area (Å²) in [5.74, 6) is 1.64. The molecule has 0 saturated carbocycles. The van der Waals surface area contributed by atoms with E-state index in [2.05, 4.69) is 21.5 Å². The molecule has 5 nitrogen and oxygen atoms in total. The number of aryl methyl sites for hydroxylation is 1. The van der Waals surface area contributed by atoms with Gasteiger partial charge in [0.25, 0.3) is 0 Å². The third-order valence-corrected chi connectivity index (χ3v) is 3.32. The number of fused-ring (bicyclic) bond motifs is 1. The molecular formula is C13H15N3O2. The maximum Gasteiger partial charge on any atom is 0.240 e. The third kappa shape index (κ3) is 1.97. The second-order valence-electron chi connectivity index (χ2n) is 4.55. The number of nitrogens with one attached hydrogen (secondary N) is 1. The van der Waals surface area contributed by atoms with E-state index >= 15 is 0 Å². The molecule has 3 rings (SSSR count). The average molecular weight is 245 g/mol. The first kappa shape index (κ1) is 11.2. The Bertz CT molecular complexity index is 565. The van der Waals surface area contributed by atoms with Crippen molar-refractivity contribution >= 4 is 0 Å². The minimum absolute atomic E-state index is 0.249. The highest BCUT2D eigenvalue weighted by Gasteiger charge is 2.24. The number of aromatic nitrogens is 2. The quantitative estimate of drug-likeness (QED) is 0.863. The summed E-state index contributed by atoms with van der Waals surface area (Å²) in [7, 11) is 0. The van der Waals surface area contributed by atoms with Crippen LogP contribution in [0.3, 0.4) is 0 Å². The van der Waals surface area contributed by atoms with E-state index in [9.17, 15) is 5.11 Å². The third-order valence-electron chi connectivity index (χ3n) is 3.32. The van der Waals surface area contributed by atoms with Crippen LogP contribution in [0, 0.1) is 6.92 Å². The molecule has 2 N–H and O–H groups in total. The standard InChI is InChI=1S/C13H15N3O2/c1-8-15-13(18-16-8)7-14-11-6-5-10-9(11)3-2-4-12(10)17/h2-4,11,14,17H,5-7H2,1H3. The summed E-state index contributed by atoms with van der Waals surface area (Å²) in [6.07, 6.45) is 1.89. The highest BCUT2D eigenvalue weighted by molar-refractivity contribution is 5.44. The molecule has 1 aromatic heterocycles. The molecule has 0 saturated heterocycles. The van der Waals surface area contributed by atoms with E-state index in [1.54, 1.807) is 13.0 Å². The number of aromatic hydroxyl groups is 1. The number of benzene rings is 1. The Morgan fingerprint density at radius 2 is 2.39 bits per heavy atom. The normalized spacial score (nSPS) is 17.9. The molecule has 0 bridgehead atoms. The summed E-state index contributed by atoms with van der Waals surface area (Å²) in [6.45, 7) is 2.36. The van der Waals surface area contributed by atoms with E-state index in [0.717, 1.165) is 18.4 Å². The molecule has 1 aliphatic rings. The molecular weight excluding hydrogens is 230 g/mol. The van der Waals surface area contributed by atoms with Crippen molar-refractivity contribution in [2.45, 2.75) is 32.4 Å². The van der Waals surface area contributed by atoms with Crippen molar-refractivity contribution in [3.8, 4) is 5.75 Å². The lowest BCUT2D eigenvalue weighted by Crippen LogP contribution is -2.18. The summed E-state index contributed by atoms with van der Waals surface area (Å²) in [5.41, 5.74) is 2.22. The molecule has 0 radical (unpaired) electrons. The molecule has 0 fully saturated rings. The maximum atomic E-state index is 9.77. The smallest absolute Gasteiger partial charge is 0.240 e. The zero-order valence-electron chi connectivity index (χ0n) is 10.2. The molecule has 18 heavy (non-hydrogen) atoms. The average Bonchev–Trinajstić information content (AvgIpc) is 2.94. The summed E-state index contributed by atoms with van der Waals surface area (Å²) in [4.78, 5) is 4.16. The molecule has 2 aromatic rings. The molecule has 1 unspecified atom stereocenters. The van der Waals surface area contributed by atoms with Gasteiger partial charge < -0.3 is 14.9 Å². The van der Waals surface area contributed by atoms with Crippen LogP contribution >= 0.6 is 0 Å². The van der Waals surface area contributed by atoms with Gasteiger partial charge in [-0.25, -0.2) is 0 Å². The molecule has 1 aromatic carbocycles. The van der Waals surface area contributed by atoms with Crippen LogP contribution in [-0.4, -0.2) is 15.2 Å². The van der Waals surface area contributed by atoms with Crippen molar-refractivity contribution in [3.63, 3.8) is 0 Å². The highest BCUT2D eigenvalue weighted by atomic mass is 16.5. The predicted molar refractivity (Wildman–Crippen MR) is 65.0 cm³/mol. The van der Waals surface area contributed by atoms with Gasteiger partial charge in [0.15, 0.2) is 5.82 Å². The zero-order valence-corrected chi connectivity index (χ0v) is 10.2. The highest BCUT2D eigenvalue weighted by Crippen LogP contribution is 2.36. The van der Waals surface area contributed by atoms with E-state index in [1.807, 2.05) is 6.07 Å². The van der Waals surface area contributed by atoms with Gasteiger partial charge in [-0.15, -0.1) is 0 Å². The Labute approximate surface area is 105 Å². The monoisotopic (exact) mass is 245 g/mol. The van der Waals surface area contributed by atoms with Crippen LogP contribution in [0.15, 0.2) is 22.7 Å². The first-order chi connectivity index (χ1) is 8.74. The van der Waals surface area contributed by atoms with Crippen LogP contribution in [-0.2, 0) is 13.0 Å². The van der Waals surface area contributed by atoms with Crippen LogP contribution in [0.2, 0.25) is 0 Å². The van der Waals surface area contributed by atoms with Gasteiger partial charge in [0.2, 0.25) is 5.89 Å². The molecule has 5 heteroatoms. The minimum Gasteiger partial charge on any atom is -0.508 e. The predicted octanol–water partition coefficient (Wildman–Crippen LogP) is 1.86. The fraction of sp³-hybridized carbons (Fsp3) is 0.385. The van der Waals surface area contributed by atoms with Crippen LogP contribution in [0.4, 0.5) is 0 Å². The van der Waals surface area contributed by atoms with Crippen molar-refractivity contribution in [2.24, 2.45) is 0 Å². The maximum absolute atomic E-state index is 9.77. The second-order valence-corrected chi connectivity index (χ2v) is 4.55. The van der Waals surface area contributed by atoms with E-state index in [4.69, 9.17) is 4.52 Å². The molecule has 1 aliphatic carbocycles. The number of phenolic OH excluding ortho intramolecular Hbond substituents is 1. The Morgan fingerprint density at radius 3 is 3.17 bits per heavy atom. The largest absolute Gasteiger partial charge is 0.508 e. The molecule has 0 amide bonds. The number of rotatable bonds is 3. The van der Waals surface area contributed by atoms with Crippen LogP contribution in [0.25, 0.3) is 0 Å². The van der Waals surface area contributed by atoms with E-state index in [1.165, 1.54) is 5.56 Å². The topological polar surface area (TPSA) is 71.2 Å². The Balaban J connectivity index is 1.71. The van der Waals surface area contributed by atoms with Gasteiger partial charge in [-0.2, -0.15) is 4.98 Å². The van der Waals surface area contributed by atoms with Gasteiger partial charge >= 0.3 is 0 Å². The van der Waals surface area contributed by atoms with Crippen molar-refractivity contribution in [1.82, 2.24) is 15.5 Å². The first-order valence-corrected chi connectivity index (χ1v) is 6.07. The molecule has 94 valence electrons. The summed E-state index contributed by atoms with van der Waals surface area (Å²) >= 11 is 0. The van der Waals surface area contributed by atoms with Gasteiger partial charge in [-0.3, -0.25) is 0 Å². The van der Waals surface area contributed by atoms with Gasteiger partial charge in [0.05, 0.1) is 6.54 Å². The van der Waals surface area contributed by atoms with Crippen molar-refractivity contribution in [3.05, 3.63) is 41.0 Å². The van der Waals surface area contributed by atoms with Gasteiger partial charge in [0, 0.05) is 6.04 Å². The molecule has 0 aliphatic heterocycles. The lowest BCUT2D eigenvalue weighted by Gasteiger charge is -2.12. The number of hydrogen-bond donors (Lipinski definition) is 2. The van der Waals surface area contributed by atoms with E-state index < -0.39 is 0 Å². The number of phenols is 1. The van der Waals surface area contributed by atoms with Crippen molar-refractivity contribution in [2.75, 3.05) is 0 Å². The van der Waals surface area contributed by atoms with Crippen molar-refractivity contribution in [1.29, 1.82) is 0 Å². The number of nitrogens with zero attached hydrogens (tertiary/aromatic N) is 2. The summed E-state index contributed by atoms with van der Waals surface area (Å²) in [6, 6.07) is 5.92.